The fourth-order valence-corrected chi connectivity index (χ4v) is 2.98. The Bertz CT molecular complexity index is 342. The molecule has 148 valence electrons. The van der Waals surface area contributed by atoms with Crippen LogP contribution >= 0.6 is 0 Å². The van der Waals surface area contributed by atoms with Crippen molar-refractivity contribution in [3.63, 3.8) is 0 Å². The standard InChI is InChI=1S/C22H40O3.Na.H/c1-3-5-6-7-8-9-10-11-12-13-14-15-16-17-18-20-22(24)25-21(23)19-4-2;;/h4H,2-3,5-20H2,1H3;;. The summed E-state index contributed by atoms with van der Waals surface area (Å²) < 4.78 is 4.66. The number of hydrogen-bond donors (Lipinski definition) is 0. The Hall–Kier alpha value is -0.120. The van der Waals surface area contributed by atoms with Crippen LogP contribution in [0.15, 0.2) is 12.7 Å². The first-order valence-corrected chi connectivity index (χ1v) is 10.5. The molecule has 0 atom stereocenters. The molecule has 0 unspecified atom stereocenters. The number of rotatable bonds is 18. The van der Waals surface area contributed by atoms with E-state index in [9.17, 15) is 9.59 Å². The molecule has 0 aromatic rings. The van der Waals surface area contributed by atoms with Crippen molar-refractivity contribution in [2.24, 2.45) is 0 Å². The van der Waals surface area contributed by atoms with Gasteiger partial charge in [0.25, 0.3) is 0 Å². The number of hydrogen-bond acceptors (Lipinski definition) is 3. The summed E-state index contributed by atoms with van der Waals surface area (Å²) in [5.41, 5.74) is 0. The van der Waals surface area contributed by atoms with Crippen LogP contribution in [-0.2, 0) is 14.3 Å². The number of ether oxygens (including phenoxy) is 1. The number of carbonyl (C=O) groups excluding carboxylic acids is 2. The monoisotopic (exact) mass is 376 g/mol. The van der Waals surface area contributed by atoms with E-state index < -0.39 is 11.9 Å². The average molecular weight is 377 g/mol. The number of esters is 2. The Morgan fingerprint density at radius 2 is 1.08 bits per heavy atom. The Morgan fingerprint density at radius 1 is 0.692 bits per heavy atom. The molecular weight excluding hydrogens is 335 g/mol. The fraction of sp³-hybridized carbons (Fsp3) is 0.818. The van der Waals surface area contributed by atoms with Crippen molar-refractivity contribution in [1.29, 1.82) is 0 Å². The summed E-state index contributed by atoms with van der Waals surface area (Å²) in [5, 5.41) is 0. The molecular formula is C22H41NaO3. The third-order valence-corrected chi connectivity index (χ3v) is 4.52. The topological polar surface area (TPSA) is 43.4 Å². The van der Waals surface area contributed by atoms with Crippen molar-refractivity contribution in [3.05, 3.63) is 12.7 Å². The summed E-state index contributed by atoms with van der Waals surface area (Å²) in [6.45, 7) is 5.71. The van der Waals surface area contributed by atoms with Gasteiger partial charge in [0.05, 0.1) is 6.42 Å². The van der Waals surface area contributed by atoms with E-state index in [1.165, 1.54) is 89.5 Å². The molecule has 26 heavy (non-hydrogen) atoms. The van der Waals surface area contributed by atoms with Gasteiger partial charge < -0.3 is 4.74 Å². The molecule has 0 fully saturated rings. The predicted octanol–water partition coefficient (Wildman–Crippen LogP) is 6.25. The molecule has 0 heterocycles. The van der Waals surface area contributed by atoms with Crippen LogP contribution in [0.25, 0.3) is 0 Å². The predicted molar refractivity (Wildman–Crippen MR) is 113 cm³/mol. The zero-order valence-corrected chi connectivity index (χ0v) is 16.5. The summed E-state index contributed by atoms with van der Waals surface area (Å²) in [6.07, 6.45) is 21.4. The zero-order valence-electron chi connectivity index (χ0n) is 16.5. The van der Waals surface area contributed by atoms with Gasteiger partial charge in [-0.1, -0.05) is 103 Å². The molecule has 0 aliphatic rings. The molecule has 0 spiro atoms. The van der Waals surface area contributed by atoms with Gasteiger partial charge in [0.2, 0.25) is 0 Å². The van der Waals surface area contributed by atoms with Gasteiger partial charge in [-0.2, -0.15) is 0 Å². The van der Waals surface area contributed by atoms with Crippen LogP contribution in [0.3, 0.4) is 0 Å². The normalized spacial score (nSPS) is 10.2. The van der Waals surface area contributed by atoms with Crippen LogP contribution in [0.5, 0.6) is 0 Å². The van der Waals surface area contributed by atoms with Crippen molar-refractivity contribution in [2.75, 3.05) is 0 Å². The van der Waals surface area contributed by atoms with Crippen molar-refractivity contribution in [2.45, 2.75) is 116 Å². The van der Waals surface area contributed by atoms with Crippen LogP contribution in [0.2, 0.25) is 0 Å². The summed E-state index contributed by atoms with van der Waals surface area (Å²) in [7, 11) is 0. The van der Waals surface area contributed by atoms with Gasteiger partial charge in [-0.25, -0.2) is 0 Å². The molecule has 0 aliphatic heterocycles. The summed E-state index contributed by atoms with van der Waals surface area (Å²) in [4.78, 5) is 22.5. The van der Waals surface area contributed by atoms with Crippen molar-refractivity contribution < 1.29 is 14.3 Å². The van der Waals surface area contributed by atoms with Crippen LogP contribution in [0.1, 0.15) is 116 Å². The summed E-state index contributed by atoms with van der Waals surface area (Å²) in [5.74, 6) is -0.900. The second-order valence-corrected chi connectivity index (χ2v) is 7.04. The van der Waals surface area contributed by atoms with E-state index in [4.69, 9.17) is 0 Å². The van der Waals surface area contributed by atoms with Gasteiger partial charge in [-0.3, -0.25) is 9.59 Å². The maximum atomic E-state index is 11.4. The summed E-state index contributed by atoms with van der Waals surface area (Å²) in [6, 6.07) is 0. The van der Waals surface area contributed by atoms with Crippen molar-refractivity contribution in [3.8, 4) is 0 Å². The molecule has 0 aromatic carbocycles. The molecule has 0 amide bonds. The van der Waals surface area contributed by atoms with Crippen LogP contribution in [0, 0.1) is 0 Å². The van der Waals surface area contributed by atoms with Crippen LogP contribution < -0.4 is 0 Å². The second kappa shape index (κ2) is 22.9. The SMILES string of the molecule is C=CCC(=O)OC(=O)CCCCCCCCCCCCCCCCC.[NaH]. The maximum absolute atomic E-state index is 11.4. The first kappa shape index (κ1) is 28.1. The number of carbonyl (C=O) groups is 2. The Labute approximate surface area is 184 Å². The zero-order chi connectivity index (χ0) is 18.6. The van der Waals surface area contributed by atoms with Gasteiger partial charge in [0, 0.05) is 6.42 Å². The molecule has 0 saturated heterocycles. The fourth-order valence-electron chi connectivity index (χ4n) is 2.98. The van der Waals surface area contributed by atoms with Gasteiger partial charge in [0.15, 0.2) is 0 Å². The first-order chi connectivity index (χ1) is 12.2. The molecule has 0 N–H and O–H groups in total. The van der Waals surface area contributed by atoms with Gasteiger partial charge in [-0.05, 0) is 6.42 Å². The van der Waals surface area contributed by atoms with E-state index in [-0.39, 0.29) is 36.0 Å². The van der Waals surface area contributed by atoms with E-state index in [1.807, 2.05) is 0 Å². The van der Waals surface area contributed by atoms with Crippen LogP contribution in [-0.4, -0.2) is 41.5 Å². The van der Waals surface area contributed by atoms with Crippen molar-refractivity contribution in [1.82, 2.24) is 0 Å². The molecule has 3 nitrogen and oxygen atoms in total. The molecule has 0 rings (SSSR count). The molecule has 0 aromatic heterocycles. The third kappa shape index (κ3) is 21.9. The van der Waals surface area contributed by atoms with Crippen molar-refractivity contribution >= 4 is 41.5 Å². The van der Waals surface area contributed by atoms with E-state index in [0.29, 0.717) is 6.42 Å². The minimum atomic E-state index is -0.499. The molecule has 0 saturated carbocycles. The van der Waals surface area contributed by atoms with Gasteiger partial charge in [0.1, 0.15) is 0 Å². The van der Waals surface area contributed by atoms with E-state index in [2.05, 4.69) is 18.2 Å². The minimum absolute atomic E-state index is 0. The van der Waals surface area contributed by atoms with Crippen LogP contribution in [0.4, 0.5) is 0 Å². The van der Waals surface area contributed by atoms with Gasteiger partial charge >= 0.3 is 41.5 Å². The Morgan fingerprint density at radius 3 is 1.46 bits per heavy atom. The quantitative estimate of drug-likeness (QED) is 0.0934. The Balaban J connectivity index is 0. The third-order valence-electron chi connectivity index (χ3n) is 4.52. The van der Waals surface area contributed by atoms with Gasteiger partial charge in [-0.15, -0.1) is 6.58 Å². The molecule has 0 aliphatic carbocycles. The first-order valence-electron chi connectivity index (χ1n) is 10.5. The second-order valence-electron chi connectivity index (χ2n) is 7.04. The van der Waals surface area contributed by atoms with E-state index >= 15 is 0 Å². The Kier molecular flexibility index (Phi) is 24.8. The molecule has 0 bridgehead atoms. The van der Waals surface area contributed by atoms with E-state index in [0.717, 1.165) is 12.8 Å². The number of unbranched alkanes of at least 4 members (excludes halogenated alkanes) is 14. The van der Waals surface area contributed by atoms with E-state index in [1.54, 1.807) is 0 Å². The molecule has 4 heteroatoms. The summed E-state index contributed by atoms with van der Waals surface area (Å²) >= 11 is 0. The average Bonchev–Trinajstić information content (AvgIpc) is 2.58. The molecule has 0 radical (unpaired) electrons.